The number of nitrogens with one attached hydrogen (secondary N) is 2. The van der Waals surface area contributed by atoms with Crippen LogP contribution in [0.15, 0.2) is 66.7 Å². The fraction of sp³-hybridized carbons (Fsp3) is 0.125. The topological polar surface area (TPSA) is 75.3 Å². The number of rotatable bonds is 4. The molecule has 0 bridgehead atoms. The lowest BCUT2D eigenvalue weighted by molar-refractivity contribution is -0.117. The lowest BCUT2D eigenvalue weighted by Crippen LogP contribution is -2.14. The van der Waals surface area contributed by atoms with Crippen molar-refractivity contribution in [2.24, 2.45) is 5.92 Å². The normalized spacial score (nSPS) is 14.1. The van der Waals surface area contributed by atoms with Crippen molar-refractivity contribution in [3.05, 3.63) is 83.4 Å². The Bertz CT molecular complexity index is 1160. The minimum absolute atomic E-state index is 0.0468. The zero-order valence-electron chi connectivity index (χ0n) is 15.6. The first kappa shape index (κ1) is 17.4. The molecule has 2 aliphatic rings. The van der Waals surface area contributed by atoms with Crippen LogP contribution in [0.5, 0.6) is 0 Å². The maximum absolute atomic E-state index is 12.7. The molecule has 5 rings (SSSR count). The number of amides is 2. The summed E-state index contributed by atoms with van der Waals surface area (Å²) in [5, 5.41) is 5.71. The van der Waals surface area contributed by atoms with Gasteiger partial charge < -0.3 is 10.6 Å². The van der Waals surface area contributed by atoms with E-state index in [4.69, 9.17) is 0 Å². The van der Waals surface area contributed by atoms with Crippen LogP contribution in [0.2, 0.25) is 0 Å². The lowest BCUT2D eigenvalue weighted by Gasteiger charge is -2.09. The van der Waals surface area contributed by atoms with Gasteiger partial charge in [-0.15, -0.1) is 0 Å². The minimum Gasteiger partial charge on any atom is -0.326 e. The third-order valence-corrected chi connectivity index (χ3v) is 5.35. The number of hydrogen-bond donors (Lipinski definition) is 2. The van der Waals surface area contributed by atoms with Crippen LogP contribution in [-0.4, -0.2) is 17.6 Å². The van der Waals surface area contributed by atoms with Crippen LogP contribution >= 0.6 is 0 Å². The van der Waals surface area contributed by atoms with Gasteiger partial charge in [0.25, 0.3) is 5.91 Å². The van der Waals surface area contributed by atoms with Gasteiger partial charge in [-0.1, -0.05) is 30.3 Å². The Kier molecular flexibility index (Phi) is 4.02. The Hall–Kier alpha value is -3.73. The number of benzene rings is 3. The van der Waals surface area contributed by atoms with Gasteiger partial charge in [-0.2, -0.15) is 0 Å². The minimum atomic E-state index is -0.286. The van der Waals surface area contributed by atoms with Gasteiger partial charge in [0.05, 0.1) is 0 Å². The van der Waals surface area contributed by atoms with E-state index in [-0.39, 0.29) is 23.5 Å². The summed E-state index contributed by atoms with van der Waals surface area (Å²) in [7, 11) is 0. The van der Waals surface area contributed by atoms with Gasteiger partial charge in [-0.25, -0.2) is 0 Å². The Morgan fingerprint density at radius 2 is 1.34 bits per heavy atom. The number of anilines is 2. The van der Waals surface area contributed by atoms with Gasteiger partial charge in [0, 0.05) is 34.0 Å². The Balaban J connectivity index is 1.31. The Labute approximate surface area is 167 Å². The number of carbonyl (C=O) groups excluding carboxylic acids is 3. The van der Waals surface area contributed by atoms with E-state index in [0.717, 1.165) is 24.0 Å². The molecule has 0 atom stereocenters. The highest BCUT2D eigenvalue weighted by Gasteiger charge is 2.29. The summed E-state index contributed by atoms with van der Waals surface area (Å²) in [6.45, 7) is 0. The lowest BCUT2D eigenvalue weighted by atomic mass is 10.0. The molecule has 5 heteroatoms. The summed E-state index contributed by atoms with van der Waals surface area (Å²) in [4.78, 5) is 37.1. The number of fused-ring (bicyclic) bond motifs is 3. The van der Waals surface area contributed by atoms with Gasteiger partial charge in [-0.05, 0) is 60.4 Å². The second kappa shape index (κ2) is 6.71. The van der Waals surface area contributed by atoms with Gasteiger partial charge in [0.2, 0.25) is 5.91 Å². The highest BCUT2D eigenvalue weighted by atomic mass is 16.2. The summed E-state index contributed by atoms with van der Waals surface area (Å²) < 4.78 is 0. The quantitative estimate of drug-likeness (QED) is 0.546. The second-order valence-electron chi connectivity index (χ2n) is 7.43. The van der Waals surface area contributed by atoms with Crippen molar-refractivity contribution in [1.29, 1.82) is 0 Å². The van der Waals surface area contributed by atoms with E-state index < -0.39 is 0 Å². The zero-order chi connectivity index (χ0) is 20.0. The highest BCUT2D eigenvalue weighted by Crippen LogP contribution is 2.36. The van der Waals surface area contributed by atoms with Crippen LogP contribution in [0, 0.1) is 5.92 Å². The first-order valence-corrected chi connectivity index (χ1v) is 9.60. The maximum atomic E-state index is 12.7. The van der Waals surface area contributed by atoms with E-state index >= 15 is 0 Å². The fourth-order valence-corrected chi connectivity index (χ4v) is 3.60. The molecule has 142 valence electrons. The average molecular weight is 382 g/mol. The average Bonchev–Trinajstić information content (AvgIpc) is 3.56. The molecule has 5 nitrogen and oxygen atoms in total. The standard InChI is InChI=1S/C24H18N2O3/c27-22-20-4-2-1-3-18(20)19-12-7-15(13-21(19)22)24(29)26-17-10-8-16(9-11-17)25-23(28)14-5-6-14/h1-4,7-14H,5-6H2,(H,25,28)(H,26,29). The molecule has 29 heavy (non-hydrogen) atoms. The molecular weight excluding hydrogens is 364 g/mol. The van der Waals surface area contributed by atoms with Crippen LogP contribution in [0.4, 0.5) is 11.4 Å². The van der Waals surface area contributed by atoms with Crippen LogP contribution in [-0.2, 0) is 4.79 Å². The summed E-state index contributed by atoms with van der Waals surface area (Å²) in [5.41, 5.74) is 4.74. The molecule has 0 heterocycles. The van der Waals surface area contributed by atoms with Crippen molar-refractivity contribution < 1.29 is 14.4 Å². The van der Waals surface area contributed by atoms with Crippen molar-refractivity contribution in [1.82, 2.24) is 0 Å². The molecule has 1 saturated carbocycles. The predicted octanol–water partition coefficient (Wildman–Crippen LogP) is 4.50. The third kappa shape index (κ3) is 3.21. The molecule has 0 unspecified atom stereocenters. The molecular formula is C24H18N2O3. The molecule has 2 amide bonds. The summed E-state index contributed by atoms with van der Waals surface area (Å²) in [6, 6.07) is 19.7. The van der Waals surface area contributed by atoms with E-state index in [1.807, 2.05) is 24.3 Å². The summed E-state index contributed by atoms with van der Waals surface area (Å²) >= 11 is 0. The molecule has 3 aromatic carbocycles. The molecule has 0 spiro atoms. The van der Waals surface area contributed by atoms with Gasteiger partial charge >= 0.3 is 0 Å². The predicted molar refractivity (Wildman–Crippen MR) is 111 cm³/mol. The van der Waals surface area contributed by atoms with Crippen LogP contribution < -0.4 is 10.6 Å². The van der Waals surface area contributed by atoms with Crippen molar-refractivity contribution in [2.45, 2.75) is 12.8 Å². The number of carbonyl (C=O) groups is 3. The number of hydrogen-bond acceptors (Lipinski definition) is 3. The largest absolute Gasteiger partial charge is 0.326 e. The second-order valence-corrected chi connectivity index (χ2v) is 7.43. The van der Waals surface area contributed by atoms with Gasteiger partial charge in [0.1, 0.15) is 0 Å². The maximum Gasteiger partial charge on any atom is 0.255 e. The van der Waals surface area contributed by atoms with E-state index in [2.05, 4.69) is 10.6 Å². The number of ketones is 1. The first-order chi connectivity index (χ1) is 14.1. The van der Waals surface area contributed by atoms with Crippen LogP contribution in [0.1, 0.15) is 39.1 Å². The van der Waals surface area contributed by atoms with Crippen molar-refractivity contribution >= 4 is 29.0 Å². The molecule has 0 aliphatic heterocycles. The zero-order valence-corrected chi connectivity index (χ0v) is 15.6. The van der Waals surface area contributed by atoms with Crippen LogP contribution in [0.25, 0.3) is 11.1 Å². The van der Waals surface area contributed by atoms with Crippen molar-refractivity contribution in [3.63, 3.8) is 0 Å². The van der Waals surface area contributed by atoms with Crippen molar-refractivity contribution in [2.75, 3.05) is 10.6 Å². The smallest absolute Gasteiger partial charge is 0.255 e. The molecule has 0 radical (unpaired) electrons. The van der Waals surface area contributed by atoms with E-state index in [9.17, 15) is 14.4 Å². The summed E-state index contributed by atoms with van der Waals surface area (Å²) in [5.74, 6) is -0.152. The monoisotopic (exact) mass is 382 g/mol. The van der Waals surface area contributed by atoms with Crippen LogP contribution in [0.3, 0.4) is 0 Å². The first-order valence-electron chi connectivity index (χ1n) is 9.60. The molecule has 0 saturated heterocycles. The molecule has 1 fully saturated rings. The molecule has 3 aromatic rings. The Morgan fingerprint density at radius 1 is 0.724 bits per heavy atom. The Morgan fingerprint density at radius 3 is 2.03 bits per heavy atom. The molecule has 0 aromatic heterocycles. The summed E-state index contributed by atoms with van der Waals surface area (Å²) in [6.07, 6.45) is 1.91. The van der Waals surface area contributed by atoms with E-state index in [0.29, 0.717) is 28.1 Å². The van der Waals surface area contributed by atoms with Gasteiger partial charge in [0.15, 0.2) is 5.78 Å². The highest BCUT2D eigenvalue weighted by molar-refractivity contribution is 6.22. The fourth-order valence-electron chi connectivity index (χ4n) is 3.60. The SMILES string of the molecule is O=C(Nc1ccc(NC(=O)C2CC2)cc1)c1ccc2c(c1)C(=O)c1ccccc1-2. The molecule has 2 aliphatic carbocycles. The molecule has 2 N–H and O–H groups in total. The van der Waals surface area contributed by atoms with E-state index in [1.54, 1.807) is 42.5 Å². The van der Waals surface area contributed by atoms with Crippen molar-refractivity contribution in [3.8, 4) is 11.1 Å². The van der Waals surface area contributed by atoms with E-state index in [1.165, 1.54) is 0 Å². The van der Waals surface area contributed by atoms with Gasteiger partial charge in [-0.3, -0.25) is 14.4 Å². The third-order valence-electron chi connectivity index (χ3n) is 5.35.